The number of fused-ring (bicyclic) bond motifs is 2. The van der Waals surface area contributed by atoms with Gasteiger partial charge < -0.3 is 18.9 Å². The topological polar surface area (TPSA) is 36.9 Å². The van der Waals surface area contributed by atoms with Crippen LogP contribution in [0.1, 0.15) is 45.4 Å². The molecule has 0 N–H and O–H groups in total. The van der Waals surface area contributed by atoms with E-state index in [2.05, 4.69) is 0 Å². The van der Waals surface area contributed by atoms with E-state index in [4.69, 9.17) is 18.9 Å². The van der Waals surface area contributed by atoms with Crippen molar-refractivity contribution in [3.8, 4) is 0 Å². The third-order valence-corrected chi connectivity index (χ3v) is 4.92. The first kappa shape index (κ1) is 13.8. The predicted octanol–water partition coefficient (Wildman–Crippen LogP) is 2.50. The van der Waals surface area contributed by atoms with Crippen molar-refractivity contribution in [1.82, 2.24) is 0 Å². The third kappa shape index (κ3) is 2.82. The van der Waals surface area contributed by atoms with E-state index in [9.17, 15) is 0 Å². The Balaban J connectivity index is 1.53. The standard InChI is InChI=1S/C15H26O4/c1-15-14(16-2)8-12(13(19-15)10-18-15)17-9-11-6-4-3-5-7-11/h11-14H,3-10H2,1-2H3/t12-,13+,14+,15+/m0/s1. The lowest BCUT2D eigenvalue weighted by Crippen LogP contribution is -2.51. The van der Waals surface area contributed by atoms with Gasteiger partial charge in [0, 0.05) is 20.1 Å². The van der Waals surface area contributed by atoms with Gasteiger partial charge in [-0.05, 0) is 25.7 Å². The Morgan fingerprint density at radius 3 is 2.74 bits per heavy atom. The average molecular weight is 270 g/mol. The molecule has 3 fully saturated rings. The van der Waals surface area contributed by atoms with Crippen LogP contribution < -0.4 is 0 Å². The van der Waals surface area contributed by atoms with Gasteiger partial charge in [-0.25, -0.2) is 0 Å². The second kappa shape index (κ2) is 5.68. The van der Waals surface area contributed by atoms with Crippen LogP contribution in [0.4, 0.5) is 0 Å². The first-order chi connectivity index (χ1) is 9.21. The van der Waals surface area contributed by atoms with Gasteiger partial charge in [0.05, 0.1) is 12.7 Å². The molecule has 4 heteroatoms. The normalized spacial score (nSPS) is 43.6. The summed E-state index contributed by atoms with van der Waals surface area (Å²) in [5.74, 6) is 0.176. The van der Waals surface area contributed by atoms with Crippen LogP contribution in [0.5, 0.6) is 0 Å². The zero-order valence-corrected chi connectivity index (χ0v) is 12.1. The first-order valence-corrected chi connectivity index (χ1v) is 7.67. The lowest BCUT2D eigenvalue weighted by atomic mass is 9.90. The van der Waals surface area contributed by atoms with Crippen LogP contribution in [-0.2, 0) is 18.9 Å². The molecule has 1 saturated carbocycles. The maximum atomic E-state index is 6.14. The maximum Gasteiger partial charge on any atom is 0.192 e. The van der Waals surface area contributed by atoms with Crippen LogP contribution in [0.15, 0.2) is 0 Å². The van der Waals surface area contributed by atoms with Crippen molar-refractivity contribution in [3.63, 3.8) is 0 Å². The maximum absolute atomic E-state index is 6.14. The molecule has 0 unspecified atom stereocenters. The molecular weight excluding hydrogens is 244 g/mol. The SMILES string of the molecule is CO[C@@H]1C[C@H](OCC2CCCCC2)[C@H]2CO[C@]1(C)O2. The van der Waals surface area contributed by atoms with E-state index < -0.39 is 5.79 Å². The number of ether oxygens (including phenoxy) is 4. The zero-order chi connectivity index (χ0) is 13.3. The quantitative estimate of drug-likeness (QED) is 0.786. The van der Waals surface area contributed by atoms with Crippen LogP contribution in [-0.4, -0.2) is 44.4 Å². The molecule has 0 spiro atoms. The molecule has 3 aliphatic rings. The molecule has 1 aliphatic carbocycles. The van der Waals surface area contributed by atoms with E-state index >= 15 is 0 Å². The fourth-order valence-electron chi connectivity index (χ4n) is 3.64. The molecule has 0 amide bonds. The van der Waals surface area contributed by atoms with Gasteiger partial charge in [-0.3, -0.25) is 0 Å². The summed E-state index contributed by atoms with van der Waals surface area (Å²) in [7, 11) is 1.72. The second-order valence-corrected chi connectivity index (χ2v) is 6.32. The van der Waals surface area contributed by atoms with Gasteiger partial charge in [-0.15, -0.1) is 0 Å². The van der Waals surface area contributed by atoms with Gasteiger partial charge in [0.1, 0.15) is 12.2 Å². The monoisotopic (exact) mass is 270 g/mol. The highest BCUT2D eigenvalue weighted by molar-refractivity contribution is 4.94. The van der Waals surface area contributed by atoms with Crippen molar-refractivity contribution in [3.05, 3.63) is 0 Å². The number of hydrogen-bond donors (Lipinski definition) is 0. The minimum absolute atomic E-state index is 0.0254. The summed E-state index contributed by atoms with van der Waals surface area (Å²) in [6.45, 7) is 3.47. The molecule has 4 atom stereocenters. The van der Waals surface area contributed by atoms with E-state index in [-0.39, 0.29) is 18.3 Å². The van der Waals surface area contributed by atoms with Crippen LogP contribution in [0.3, 0.4) is 0 Å². The van der Waals surface area contributed by atoms with E-state index in [1.807, 2.05) is 6.92 Å². The molecule has 110 valence electrons. The average Bonchev–Trinajstić information content (AvgIpc) is 2.78. The van der Waals surface area contributed by atoms with Gasteiger partial charge in [-0.1, -0.05) is 19.3 Å². The van der Waals surface area contributed by atoms with E-state index in [1.54, 1.807) is 7.11 Å². The highest BCUT2D eigenvalue weighted by Gasteiger charge is 2.53. The van der Waals surface area contributed by atoms with Crippen molar-refractivity contribution in [2.75, 3.05) is 20.3 Å². The van der Waals surface area contributed by atoms with E-state index in [1.165, 1.54) is 32.1 Å². The molecular formula is C15H26O4. The van der Waals surface area contributed by atoms with E-state index in [0.29, 0.717) is 6.61 Å². The molecule has 4 nitrogen and oxygen atoms in total. The minimum atomic E-state index is -0.565. The Morgan fingerprint density at radius 1 is 1.21 bits per heavy atom. The van der Waals surface area contributed by atoms with Crippen molar-refractivity contribution in [2.45, 2.75) is 69.5 Å². The van der Waals surface area contributed by atoms with Crippen LogP contribution in [0.25, 0.3) is 0 Å². The molecule has 3 rings (SSSR count). The Kier molecular flexibility index (Phi) is 4.13. The van der Waals surface area contributed by atoms with Gasteiger partial charge in [0.15, 0.2) is 5.79 Å². The molecule has 0 aromatic heterocycles. The lowest BCUT2D eigenvalue weighted by molar-refractivity contribution is -0.264. The van der Waals surface area contributed by atoms with Crippen molar-refractivity contribution in [1.29, 1.82) is 0 Å². The number of methoxy groups -OCH3 is 1. The van der Waals surface area contributed by atoms with Crippen molar-refractivity contribution >= 4 is 0 Å². The fraction of sp³-hybridized carbons (Fsp3) is 1.00. The van der Waals surface area contributed by atoms with Gasteiger partial charge >= 0.3 is 0 Å². The smallest absolute Gasteiger partial charge is 0.192 e. The molecule has 0 aromatic rings. The molecule has 2 aliphatic heterocycles. The van der Waals surface area contributed by atoms with Crippen LogP contribution in [0.2, 0.25) is 0 Å². The molecule has 0 aromatic carbocycles. The summed E-state index contributed by atoms with van der Waals surface area (Å²) in [6, 6.07) is 0. The Hall–Kier alpha value is -0.160. The molecule has 0 radical (unpaired) electrons. The lowest BCUT2D eigenvalue weighted by Gasteiger charge is -2.39. The molecule has 2 saturated heterocycles. The molecule has 2 bridgehead atoms. The highest BCUT2D eigenvalue weighted by atomic mass is 16.8. The number of hydrogen-bond acceptors (Lipinski definition) is 4. The Labute approximate surface area is 115 Å². The summed E-state index contributed by atoms with van der Waals surface area (Å²) in [6.07, 6.45) is 7.82. The van der Waals surface area contributed by atoms with Gasteiger partial charge in [0.2, 0.25) is 0 Å². The summed E-state index contributed by atoms with van der Waals surface area (Å²) < 4.78 is 23.4. The second-order valence-electron chi connectivity index (χ2n) is 6.32. The fourth-order valence-corrected chi connectivity index (χ4v) is 3.64. The van der Waals surface area contributed by atoms with Crippen LogP contribution in [0, 0.1) is 5.92 Å². The predicted molar refractivity (Wildman–Crippen MR) is 71.0 cm³/mol. The first-order valence-electron chi connectivity index (χ1n) is 7.67. The highest BCUT2D eigenvalue weighted by Crippen LogP contribution is 2.39. The van der Waals surface area contributed by atoms with Crippen molar-refractivity contribution < 1.29 is 18.9 Å². The van der Waals surface area contributed by atoms with Gasteiger partial charge in [0.25, 0.3) is 0 Å². The van der Waals surface area contributed by atoms with Crippen molar-refractivity contribution in [2.24, 2.45) is 5.92 Å². The molecule has 19 heavy (non-hydrogen) atoms. The summed E-state index contributed by atoms with van der Waals surface area (Å²) in [5, 5.41) is 0. The number of rotatable bonds is 4. The summed E-state index contributed by atoms with van der Waals surface area (Å²) >= 11 is 0. The largest absolute Gasteiger partial charge is 0.376 e. The third-order valence-electron chi connectivity index (χ3n) is 4.92. The van der Waals surface area contributed by atoms with Crippen LogP contribution >= 0.6 is 0 Å². The molecule has 2 heterocycles. The summed E-state index contributed by atoms with van der Waals surface area (Å²) in [5.41, 5.74) is 0. The Morgan fingerprint density at radius 2 is 2.00 bits per heavy atom. The summed E-state index contributed by atoms with van der Waals surface area (Å²) in [4.78, 5) is 0. The van der Waals surface area contributed by atoms with Gasteiger partial charge in [-0.2, -0.15) is 0 Å². The van der Waals surface area contributed by atoms with E-state index in [0.717, 1.165) is 18.9 Å². The Bertz CT molecular complexity index is 303. The zero-order valence-electron chi connectivity index (χ0n) is 12.1. The minimum Gasteiger partial charge on any atom is -0.376 e.